The Labute approximate surface area is 93.2 Å². The molecule has 0 spiro atoms. The summed E-state index contributed by atoms with van der Waals surface area (Å²) in [6, 6.07) is 6.86. The second-order valence-corrected chi connectivity index (χ2v) is 4.33. The third kappa shape index (κ3) is 2.46. The Bertz CT molecular complexity index is 301. The molecular weight excluding hydrogens is 249 g/mol. The summed E-state index contributed by atoms with van der Waals surface area (Å²) in [6.07, 6.45) is 3.31. The highest BCUT2D eigenvalue weighted by atomic mass is 79.9. The molecule has 0 fully saturated rings. The fraction of sp³-hybridized carbons (Fsp3) is 0.400. The molecule has 1 aliphatic carbocycles. The molecule has 3 heteroatoms. The first-order valence-electron chi connectivity index (χ1n) is 4.28. The van der Waals surface area contributed by atoms with Crippen LogP contribution in [-0.2, 0) is 12.8 Å². The number of hydrogen-bond donors (Lipinski definition) is 1. The smallest absolute Gasteiger partial charge is 0.0178 e. The van der Waals surface area contributed by atoms with Gasteiger partial charge in [0, 0.05) is 10.5 Å². The second kappa shape index (κ2) is 4.45. The topological polar surface area (TPSA) is 26.0 Å². The van der Waals surface area contributed by atoms with Crippen molar-refractivity contribution in [2.24, 2.45) is 5.73 Å². The molecule has 1 aliphatic rings. The van der Waals surface area contributed by atoms with Gasteiger partial charge in [-0.25, -0.2) is 0 Å². The fourth-order valence-corrected chi connectivity index (χ4v) is 2.16. The number of aryl methyl sites for hydroxylation is 1. The summed E-state index contributed by atoms with van der Waals surface area (Å²) in [5, 5.41) is 0. The third-order valence-electron chi connectivity index (χ3n) is 2.43. The maximum absolute atomic E-state index is 5.88. The van der Waals surface area contributed by atoms with Crippen molar-refractivity contribution in [1.82, 2.24) is 0 Å². The maximum atomic E-state index is 5.88. The van der Waals surface area contributed by atoms with E-state index in [1.54, 1.807) is 0 Å². The molecule has 72 valence electrons. The van der Waals surface area contributed by atoms with Gasteiger partial charge in [-0.3, -0.25) is 0 Å². The standard InChI is InChI=1S/C10H12BrN.ClH/c11-9-3-1-8-6-10(12)4-2-7(8)5-9;/h1,3,5,10H,2,4,6,12H2;1H. The summed E-state index contributed by atoms with van der Waals surface area (Å²) in [5.41, 5.74) is 8.77. The molecule has 2 rings (SSSR count). The molecule has 1 unspecified atom stereocenters. The Morgan fingerprint density at radius 1 is 1.31 bits per heavy atom. The molecule has 2 N–H and O–H groups in total. The summed E-state index contributed by atoms with van der Waals surface area (Å²) >= 11 is 3.47. The summed E-state index contributed by atoms with van der Waals surface area (Å²) in [7, 11) is 0. The van der Waals surface area contributed by atoms with E-state index >= 15 is 0 Å². The minimum Gasteiger partial charge on any atom is -0.327 e. The van der Waals surface area contributed by atoms with Crippen molar-refractivity contribution < 1.29 is 0 Å². The third-order valence-corrected chi connectivity index (χ3v) is 2.93. The van der Waals surface area contributed by atoms with Crippen LogP contribution < -0.4 is 5.73 Å². The first kappa shape index (κ1) is 11.0. The molecule has 0 saturated carbocycles. The van der Waals surface area contributed by atoms with Crippen molar-refractivity contribution in [3.05, 3.63) is 33.8 Å². The van der Waals surface area contributed by atoms with E-state index in [2.05, 4.69) is 34.1 Å². The van der Waals surface area contributed by atoms with Gasteiger partial charge in [0.25, 0.3) is 0 Å². The van der Waals surface area contributed by atoms with Crippen LogP contribution in [0.4, 0.5) is 0 Å². The quantitative estimate of drug-likeness (QED) is 0.764. The SMILES string of the molecule is Cl.NC1CCc2cc(Br)ccc2C1. The van der Waals surface area contributed by atoms with Crippen LogP contribution in [0.3, 0.4) is 0 Å². The predicted octanol–water partition coefficient (Wildman–Crippen LogP) is 2.69. The van der Waals surface area contributed by atoms with Crippen molar-refractivity contribution in [2.45, 2.75) is 25.3 Å². The second-order valence-electron chi connectivity index (χ2n) is 3.42. The van der Waals surface area contributed by atoms with E-state index in [0.29, 0.717) is 6.04 Å². The average Bonchev–Trinajstić information content (AvgIpc) is 2.05. The molecule has 1 aromatic rings. The Morgan fingerprint density at radius 3 is 2.85 bits per heavy atom. The molecule has 13 heavy (non-hydrogen) atoms. The van der Waals surface area contributed by atoms with Gasteiger partial charge in [0.05, 0.1) is 0 Å². The van der Waals surface area contributed by atoms with Crippen LogP contribution in [0.1, 0.15) is 17.5 Å². The highest BCUT2D eigenvalue weighted by molar-refractivity contribution is 9.10. The average molecular weight is 263 g/mol. The van der Waals surface area contributed by atoms with Crippen LogP contribution in [0.15, 0.2) is 22.7 Å². The molecule has 0 saturated heterocycles. The highest BCUT2D eigenvalue weighted by Crippen LogP contribution is 2.23. The van der Waals surface area contributed by atoms with Crippen LogP contribution >= 0.6 is 28.3 Å². The van der Waals surface area contributed by atoms with E-state index in [-0.39, 0.29) is 12.4 Å². The van der Waals surface area contributed by atoms with Gasteiger partial charge in [-0.05, 0) is 42.5 Å². The van der Waals surface area contributed by atoms with Crippen LogP contribution in [-0.4, -0.2) is 6.04 Å². The van der Waals surface area contributed by atoms with E-state index in [4.69, 9.17) is 5.73 Å². The molecule has 0 aromatic heterocycles. The van der Waals surface area contributed by atoms with Crippen molar-refractivity contribution in [2.75, 3.05) is 0 Å². The van der Waals surface area contributed by atoms with Gasteiger partial charge in [-0.15, -0.1) is 12.4 Å². The fourth-order valence-electron chi connectivity index (χ4n) is 1.75. The van der Waals surface area contributed by atoms with Gasteiger partial charge in [0.2, 0.25) is 0 Å². The predicted molar refractivity (Wildman–Crippen MR) is 61.4 cm³/mol. The molecule has 0 radical (unpaired) electrons. The number of rotatable bonds is 0. The molecular formula is C10H13BrClN. The van der Waals surface area contributed by atoms with Gasteiger partial charge < -0.3 is 5.73 Å². The van der Waals surface area contributed by atoms with E-state index < -0.39 is 0 Å². The van der Waals surface area contributed by atoms with E-state index in [1.807, 2.05) is 0 Å². The van der Waals surface area contributed by atoms with Crippen molar-refractivity contribution in [3.63, 3.8) is 0 Å². The summed E-state index contributed by atoms with van der Waals surface area (Å²) in [6.45, 7) is 0. The van der Waals surface area contributed by atoms with Gasteiger partial charge >= 0.3 is 0 Å². The molecule has 1 nitrogen and oxygen atoms in total. The number of benzene rings is 1. The largest absolute Gasteiger partial charge is 0.327 e. The first-order chi connectivity index (χ1) is 5.75. The van der Waals surface area contributed by atoms with Crippen LogP contribution in [0, 0.1) is 0 Å². The van der Waals surface area contributed by atoms with Crippen LogP contribution in [0.25, 0.3) is 0 Å². The first-order valence-corrected chi connectivity index (χ1v) is 5.08. The van der Waals surface area contributed by atoms with Gasteiger partial charge in [-0.2, -0.15) is 0 Å². The Morgan fingerprint density at radius 2 is 2.08 bits per heavy atom. The lowest BCUT2D eigenvalue weighted by molar-refractivity contribution is 0.576. The Kier molecular flexibility index (Phi) is 3.77. The van der Waals surface area contributed by atoms with Crippen molar-refractivity contribution >= 4 is 28.3 Å². The van der Waals surface area contributed by atoms with Crippen molar-refractivity contribution in [1.29, 1.82) is 0 Å². The van der Waals surface area contributed by atoms with Crippen LogP contribution in [0.5, 0.6) is 0 Å². The molecule has 0 bridgehead atoms. The van der Waals surface area contributed by atoms with Gasteiger partial charge in [0.15, 0.2) is 0 Å². The molecule has 0 amide bonds. The lowest BCUT2D eigenvalue weighted by Gasteiger charge is -2.21. The number of nitrogens with two attached hydrogens (primary N) is 1. The van der Waals surface area contributed by atoms with Crippen molar-refractivity contribution in [3.8, 4) is 0 Å². The van der Waals surface area contributed by atoms with E-state index in [0.717, 1.165) is 19.3 Å². The zero-order valence-electron chi connectivity index (χ0n) is 7.29. The zero-order chi connectivity index (χ0) is 8.55. The summed E-state index contributed by atoms with van der Waals surface area (Å²) in [5.74, 6) is 0. The molecule has 1 aromatic carbocycles. The number of fused-ring (bicyclic) bond motifs is 1. The minimum atomic E-state index is 0. The monoisotopic (exact) mass is 261 g/mol. The van der Waals surface area contributed by atoms with E-state index in [9.17, 15) is 0 Å². The Balaban J connectivity index is 0.000000845. The lowest BCUT2D eigenvalue weighted by atomic mass is 9.89. The summed E-state index contributed by atoms with van der Waals surface area (Å²) in [4.78, 5) is 0. The number of halogens is 2. The molecule has 1 atom stereocenters. The molecule has 0 aliphatic heterocycles. The zero-order valence-corrected chi connectivity index (χ0v) is 9.70. The number of hydrogen-bond acceptors (Lipinski definition) is 1. The Hall–Kier alpha value is -0.0500. The van der Waals surface area contributed by atoms with Crippen LogP contribution in [0.2, 0.25) is 0 Å². The highest BCUT2D eigenvalue weighted by Gasteiger charge is 2.14. The summed E-state index contributed by atoms with van der Waals surface area (Å²) < 4.78 is 1.18. The minimum absolute atomic E-state index is 0. The van der Waals surface area contributed by atoms with Gasteiger partial charge in [-0.1, -0.05) is 22.0 Å². The maximum Gasteiger partial charge on any atom is 0.0178 e. The lowest BCUT2D eigenvalue weighted by Crippen LogP contribution is -2.27. The normalized spacial score (nSPS) is 20.3. The van der Waals surface area contributed by atoms with E-state index in [1.165, 1.54) is 15.6 Å². The van der Waals surface area contributed by atoms with Gasteiger partial charge in [0.1, 0.15) is 0 Å². The molecule has 0 heterocycles.